The molecule has 0 radical (unpaired) electrons. The van der Waals surface area contributed by atoms with Crippen molar-refractivity contribution in [1.82, 2.24) is 15.8 Å². The van der Waals surface area contributed by atoms with Crippen LogP contribution in [0.3, 0.4) is 0 Å². The number of hydrogen-bond acceptors (Lipinski definition) is 5. The summed E-state index contributed by atoms with van der Waals surface area (Å²) in [6, 6.07) is 1.74. The van der Waals surface area contributed by atoms with Gasteiger partial charge in [-0.25, -0.2) is 0 Å². The lowest BCUT2D eigenvalue weighted by molar-refractivity contribution is 0.0916. The molecule has 1 aromatic heterocycles. The predicted molar refractivity (Wildman–Crippen MR) is 84.2 cm³/mol. The van der Waals surface area contributed by atoms with Crippen LogP contribution in [-0.2, 0) is 4.74 Å². The number of methoxy groups -OCH3 is 1. The fraction of sp³-hybridized carbons (Fsp3) is 0.714. The second-order valence-electron chi connectivity index (χ2n) is 4.63. The normalized spacial score (nSPS) is 10.5. The van der Waals surface area contributed by atoms with Gasteiger partial charge in [0.25, 0.3) is 5.91 Å². The molecule has 7 heteroatoms. The van der Waals surface area contributed by atoms with Gasteiger partial charge in [0.05, 0.1) is 12.3 Å². The highest BCUT2D eigenvalue weighted by atomic mass is 35.5. The number of halogens is 1. The highest BCUT2D eigenvalue weighted by molar-refractivity contribution is 5.91. The van der Waals surface area contributed by atoms with E-state index in [4.69, 9.17) is 9.26 Å². The second-order valence-corrected chi connectivity index (χ2v) is 4.63. The van der Waals surface area contributed by atoms with Crippen LogP contribution in [0.15, 0.2) is 10.6 Å². The van der Waals surface area contributed by atoms with Crippen LogP contribution in [0.4, 0.5) is 0 Å². The molecule has 1 heterocycles. The summed E-state index contributed by atoms with van der Waals surface area (Å²) in [4.78, 5) is 11.8. The van der Waals surface area contributed by atoms with Gasteiger partial charge in [-0.2, -0.15) is 0 Å². The molecule has 0 fully saturated rings. The van der Waals surface area contributed by atoms with Crippen molar-refractivity contribution in [3.8, 4) is 0 Å². The van der Waals surface area contributed by atoms with Crippen LogP contribution in [0.25, 0.3) is 0 Å². The molecule has 0 aliphatic carbocycles. The monoisotopic (exact) mass is 319 g/mol. The molecule has 0 aliphatic heterocycles. The Bertz CT molecular complexity index is 395. The largest absolute Gasteiger partial charge is 0.383 e. The SMILES string of the molecule is CCC(CC)c1cc(C(=O)NCCNCCOC)on1.Cl. The second kappa shape index (κ2) is 11.5. The molecule has 21 heavy (non-hydrogen) atoms. The molecule has 0 saturated heterocycles. The molecule has 0 unspecified atom stereocenters. The zero-order valence-corrected chi connectivity index (χ0v) is 13.8. The van der Waals surface area contributed by atoms with Crippen LogP contribution in [0.2, 0.25) is 0 Å². The van der Waals surface area contributed by atoms with Crippen molar-refractivity contribution in [3.05, 3.63) is 17.5 Å². The molecular formula is C14H26ClN3O3. The van der Waals surface area contributed by atoms with Crippen LogP contribution >= 0.6 is 12.4 Å². The number of rotatable bonds is 10. The van der Waals surface area contributed by atoms with Crippen molar-refractivity contribution in [3.63, 3.8) is 0 Å². The maximum atomic E-state index is 11.8. The van der Waals surface area contributed by atoms with E-state index < -0.39 is 0 Å². The Labute approximate surface area is 132 Å². The molecule has 2 N–H and O–H groups in total. The van der Waals surface area contributed by atoms with Crippen molar-refractivity contribution in [2.24, 2.45) is 0 Å². The third-order valence-electron chi connectivity index (χ3n) is 3.23. The fourth-order valence-corrected chi connectivity index (χ4v) is 1.95. The van der Waals surface area contributed by atoms with Gasteiger partial charge in [0, 0.05) is 38.7 Å². The Morgan fingerprint density at radius 1 is 1.33 bits per heavy atom. The average molecular weight is 320 g/mol. The molecule has 0 bridgehead atoms. The maximum absolute atomic E-state index is 11.8. The Hall–Kier alpha value is -1.11. The van der Waals surface area contributed by atoms with Gasteiger partial charge in [-0.3, -0.25) is 4.79 Å². The first kappa shape index (κ1) is 19.9. The van der Waals surface area contributed by atoms with Crippen LogP contribution in [0.1, 0.15) is 48.9 Å². The minimum Gasteiger partial charge on any atom is -0.383 e. The van der Waals surface area contributed by atoms with E-state index in [1.165, 1.54) is 0 Å². The topological polar surface area (TPSA) is 76.4 Å². The summed E-state index contributed by atoms with van der Waals surface area (Å²) in [5.74, 6) is 0.419. The Morgan fingerprint density at radius 3 is 2.67 bits per heavy atom. The molecule has 0 saturated carbocycles. The van der Waals surface area contributed by atoms with Gasteiger partial charge in [0.1, 0.15) is 0 Å². The zero-order chi connectivity index (χ0) is 14.8. The highest BCUT2D eigenvalue weighted by Crippen LogP contribution is 2.22. The van der Waals surface area contributed by atoms with Crippen LogP contribution in [0, 0.1) is 0 Å². The molecule has 1 rings (SSSR count). The molecular weight excluding hydrogens is 294 g/mol. The van der Waals surface area contributed by atoms with Crippen molar-refractivity contribution in [2.45, 2.75) is 32.6 Å². The average Bonchev–Trinajstić information content (AvgIpc) is 2.93. The highest BCUT2D eigenvalue weighted by Gasteiger charge is 2.16. The summed E-state index contributed by atoms with van der Waals surface area (Å²) in [6.07, 6.45) is 1.99. The smallest absolute Gasteiger partial charge is 0.289 e. The number of ether oxygens (including phenoxy) is 1. The number of amides is 1. The summed E-state index contributed by atoms with van der Waals surface area (Å²) in [6.45, 7) is 6.89. The number of nitrogens with one attached hydrogen (secondary N) is 2. The van der Waals surface area contributed by atoms with Gasteiger partial charge in [-0.15, -0.1) is 12.4 Å². The quantitative estimate of drug-likeness (QED) is 0.645. The first-order chi connectivity index (χ1) is 9.72. The summed E-state index contributed by atoms with van der Waals surface area (Å²) >= 11 is 0. The van der Waals surface area contributed by atoms with E-state index >= 15 is 0 Å². The van der Waals surface area contributed by atoms with Crippen LogP contribution < -0.4 is 10.6 Å². The van der Waals surface area contributed by atoms with Gasteiger partial charge in [-0.05, 0) is 12.8 Å². The number of carbonyl (C=O) groups excluding carboxylic acids is 1. The summed E-state index contributed by atoms with van der Waals surface area (Å²) in [5.41, 5.74) is 0.860. The molecule has 0 aromatic carbocycles. The van der Waals surface area contributed by atoms with Crippen LogP contribution in [0.5, 0.6) is 0 Å². The first-order valence-electron chi connectivity index (χ1n) is 7.17. The zero-order valence-electron chi connectivity index (χ0n) is 13.0. The van der Waals surface area contributed by atoms with Crippen LogP contribution in [-0.4, -0.2) is 44.4 Å². The lowest BCUT2D eigenvalue weighted by Crippen LogP contribution is -2.32. The third-order valence-corrected chi connectivity index (χ3v) is 3.23. The van der Waals surface area contributed by atoms with Crippen molar-refractivity contribution < 1.29 is 14.1 Å². The summed E-state index contributed by atoms with van der Waals surface area (Å²) in [7, 11) is 1.66. The lowest BCUT2D eigenvalue weighted by atomic mass is 9.99. The molecule has 6 nitrogen and oxygen atoms in total. The van der Waals surface area contributed by atoms with Gasteiger partial charge < -0.3 is 19.9 Å². The van der Waals surface area contributed by atoms with E-state index in [-0.39, 0.29) is 24.1 Å². The van der Waals surface area contributed by atoms with Gasteiger partial charge >= 0.3 is 0 Å². The van der Waals surface area contributed by atoms with Crippen molar-refractivity contribution >= 4 is 18.3 Å². The fourth-order valence-electron chi connectivity index (χ4n) is 1.95. The number of nitrogens with zero attached hydrogens (tertiary/aromatic N) is 1. The Kier molecular flexibility index (Phi) is 10.9. The minimum absolute atomic E-state index is 0. The summed E-state index contributed by atoms with van der Waals surface area (Å²) < 4.78 is 10.0. The van der Waals surface area contributed by atoms with E-state index in [0.717, 1.165) is 25.1 Å². The van der Waals surface area contributed by atoms with E-state index in [0.29, 0.717) is 25.6 Å². The first-order valence-corrected chi connectivity index (χ1v) is 7.17. The Balaban J connectivity index is 0.00000400. The molecule has 1 aromatic rings. The molecule has 1 amide bonds. The van der Waals surface area contributed by atoms with Crippen molar-refractivity contribution in [2.75, 3.05) is 33.4 Å². The van der Waals surface area contributed by atoms with Gasteiger partial charge in [0.2, 0.25) is 5.76 Å². The van der Waals surface area contributed by atoms with E-state index in [2.05, 4.69) is 29.6 Å². The number of aromatic nitrogens is 1. The van der Waals surface area contributed by atoms with E-state index in [1.54, 1.807) is 13.2 Å². The van der Waals surface area contributed by atoms with Crippen molar-refractivity contribution in [1.29, 1.82) is 0 Å². The minimum atomic E-state index is -0.219. The summed E-state index contributed by atoms with van der Waals surface area (Å²) in [5, 5.41) is 9.92. The Morgan fingerprint density at radius 2 is 2.05 bits per heavy atom. The molecule has 0 atom stereocenters. The van der Waals surface area contributed by atoms with Gasteiger partial charge in [0.15, 0.2) is 0 Å². The molecule has 0 aliphatic rings. The third kappa shape index (κ3) is 6.93. The molecule has 0 spiro atoms. The van der Waals surface area contributed by atoms with E-state index in [1.807, 2.05) is 0 Å². The molecule has 122 valence electrons. The number of hydrogen-bond donors (Lipinski definition) is 2. The predicted octanol–water partition coefficient (Wildman–Crippen LogP) is 1.97. The lowest BCUT2D eigenvalue weighted by Gasteiger charge is -2.06. The van der Waals surface area contributed by atoms with E-state index in [9.17, 15) is 4.79 Å². The standard InChI is InChI=1S/C14H25N3O3.ClH/c1-4-11(5-2)12-10-13(20-17-12)14(18)16-7-6-15-8-9-19-3;/h10-11,15H,4-9H2,1-3H3,(H,16,18);1H. The maximum Gasteiger partial charge on any atom is 0.289 e. The van der Waals surface area contributed by atoms with Gasteiger partial charge in [-0.1, -0.05) is 19.0 Å². The number of carbonyl (C=O) groups is 1.